The molecule has 1 saturated heterocycles. The van der Waals surface area contributed by atoms with E-state index in [1.54, 1.807) is 6.92 Å². The van der Waals surface area contributed by atoms with Gasteiger partial charge in [-0.1, -0.05) is 11.6 Å². The number of nitrogens with one attached hydrogen (secondary N) is 1. The Bertz CT molecular complexity index is 736. The number of halogens is 1. The third-order valence-corrected chi connectivity index (χ3v) is 7.21. The van der Waals surface area contributed by atoms with E-state index in [2.05, 4.69) is 4.72 Å². The summed E-state index contributed by atoms with van der Waals surface area (Å²) in [6.07, 6.45) is 0.479. The van der Waals surface area contributed by atoms with E-state index in [1.807, 2.05) is 0 Å². The molecule has 1 fully saturated rings. The highest BCUT2D eigenvalue weighted by Crippen LogP contribution is 2.27. The zero-order valence-electron chi connectivity index (χ0n) is 11.5. The largest absolute Gasteiger partial charge is 0.397 e. The summed E-state index contributed by atoms with van der Waals surface area (Å²) in [5, 5.41) is 0.329. The van der Waals surface area contributed by atoms with E-state index in [4.69, 9.17) is 17.3 Å². The highest BCUT2D eigenvalue weighted by atomic mass is 35.5. The number of anilines is 1. The molecule has 9 heteroatoms. The van der Waals surface area contributed by atoms with Gasteiger partial charge in [0.15, 0.2) is 9.84 Å². The van der Waals surface area contributed by atoms with Crippen molar-refractivity contribution in [1.82, 2.24) is 4.72 Å². The van der Waals surface area contributed by atoms with E-state index in [1.165, 1.54) is 12.1 Å². The van der Waals surface area contributed by atoms with Crippen LogP contribution in [0, 0.1) is 12.8 Å². The van der Waals surface area contributed by atoms with Crippen LogP contribution in [0.1, 0.15) is 12.0 Å². The smallest absolute Gasteiger partial charge is 0.240 e. The molecule has 0 bridgehead atoms. The van der Waals surface area contributed by atoms with E-state index in [9.17, 15) is 16.8 Å². The fourth-order valence-corrected chi connectivity index (χ4v) is 5.47. The Morgan fingerprint density at radius 2 is 2.10 bits per heavy atom. The van der Waals surface area contributed by atoms with Gasteiger partial charge < -0.3 is 5.73 Å². The number of benzene rings is 1. The molecule has 3 N–H and O–H groups in total. The number of nitrogen functional groups attached to an aromatic ring is 1. The van der Waals surface area contributed by atoms with Crippen LogP contribution in [-0.2, 0) is 19.9 Å². The second kappa shape index (κ2) is 5.75. The van der Waals surface area contributed by atoms with Crippen LogP contribution in [0.2, 0.25) is 5.02 Å². The maximum absolute atomic E-state index is 12.2. The Hall–Kier alpha value is -0.830. The van der Waals surface area contributed by atoms with Gasteiger partial charge in [-0.15, -0.1) is 0 Å². The van der Waals surface area contributed by atoms with Gasteiger partial charge in [-0.05, 0) is 37.0 Å². The Labute approximate surface area is 129 Å². The summed E-state index contributed by atoms with van der Waals surface area (Å²) >= 11 is 5.90. The van der Waals surface area contributed by atoms with Gasteiger partial charge in [0.2, 0.25) is 10.0 Å². The second-order valence-corrected chi connectivity index (χ2v) is 9.64. The van der Waals surface area contributed by atoms with Crippen molar-refractivity contribution in [3.05, 3.63) is 22.7 Å². The zero-order chi connectivity index (χ0) is 15.8. The van der Waals surface area contributed by atoms with Crippen LogP contribution < -0.4 is 10.5 Å². The molecule has 0 aliphatic carbocycles. The Balaban J connectivity index is 2.12. The maximum Gasteiger partial charge on any atom is 0.240 e. The predicted octanol–water partition coefficient (Wildman–Crippen LogP) is 0.944. The van der Waals surface area contributed by atoms with E-state index in [0.717, 1.165) is 0 Å². The monoisotopic (exact) mass is 352 g/mol. The third kappa shape index (κ3) is 3.88. The number of nitrogens with two attached hydrogens (primary N) is 1. The Kier molecular flexibility index (Phi) is 4.53. The maximum atomic E-state index is 12.2. The number of rotatable bonds is 4. The van der Waals surface area contributed by atoms with Crippen LogP contribution >= 0.6 is 11.6 Å². The molecule has 2 rings (SSSR count). The molecule has 0 aromatic heterocycles. The highest BCUT2D eigenvalue weighted by Gasteiger charge is 2.29. The number of sulfone groups is 1. The van der Waals surface area contributed by atoms with Gasteiger partial charge in [0.05, 0.1) is 27.1 Å². The predicted molar refractivity (Wildman–Crippen MR) is 82.6 cm³/mol. The highest BCUT2D eigenvalue weighted by molar-refractivity contribution is 7.91. The van der Waals surface area contributed by atoms with Crippen molar-refractivity contribution in [3.63, 3.8) is 0 Å². The fourth-order valence-electron chi connectivity index (χ4n) is 2.26. The second-order valence-electron chi connectivity index (χ2n) is 5.26. The summed E-state index contributed by atoms with van der Waals surface area (Å²) in [6.45, 7) is 1.77. The molecular weight excluding hydrogens is 336 g/mol. The molecule has 1 atom stereocenters. The lowest BCUT2D eigenvalue weighted by Gasteiger charge is -2.12. The molecule has 1 unspecified atom stereocenters. The minimum atomic E-state index is -3.73. The minimum Gasteiger partial charge on any atom is -0.397 e. The van der Waals surface area contributed by atoms with Gasteiger partial charge in [-0.2, -0.15) is 0 Å². The van der Waals surface area contributed by atoms with Crippen molar-refractivity contribution < 1.29 is 16.8 Å². The summed E-state index contributed by atoms with van der Waals surface area (Å²) in [5.41, 5.74) is 6.43. The number of sulfonamides is 1. The minimum absolute atomic E-state index is 0.0251. The number of hydrogen-bond donors (Lipinski definition) is 2. The first-order valence-electron chi connectivity index (χ1n) is 6.36. The summed E-state index contributed by atoms with van der Waals surface area (Å²) < 4.78 is 49.6. The average Bonchev–Trinajstić information content (AvgIpc) is 2.73. The molecule has 0 saturated carbocycles. The van der Waals surface area contributed by atoms with Gasteiger partial charge >= 0.3 is 0 Å². The molecule has 118 valence electrons. The first-order chi connectivity index (χ1) is 9.61. The summed E-state index contributed by atoms with van der Waals surface area (Å²) in [5.74, 6) is -0.0421. The molecule has 1 aromatic rings. The Morgan fingerprint density at radius 3 is 2.62 bits per heavy atom. The molecule has 21 heavy (non-hydrogen) atoms. The van der Waals surface area contributed by atoms with Crippen LogP contribution in [0.3, 0.4) is 0 Å². The van der Waals surface area contributed by atoms with Crippen molar-refractivity contribution in [2.75, 3.05) is 23.8 Å². The molecular formula is C12H17ClN2O4S2. The zero-order valence-corrected chi connectivity index (χ0v) is 13.9. The first-order valence-corrected chi connectivity index (χ1v) is 10.0. The summed E-state index contributed by atoms with van der Waals surface area (Å²) in [7, 11) is -6.75. The molecule has 1 aliphatic rings. The summed E-state index contributed by atoms with van der Waals surface area (Å²) in [4.78, 5) is 0.0303. The lowest BCUT2D eigenvalue weighted by Crippen LogP contribution is -2.30. The van der Waals surface area contributed by atoms with Crippen molar-refractivity contribution in [2.24, 2.45) is 5.92 Å². The topological polar surface area (TPSA) is 106 Å². The van der Waals surface area contributed by atoms with Gasteiger partial charge in [0.25, 0.3) is 0 Å². The lowest BCUT2D eigenvalue weighted by atomic mass is 10.1. The van der Waals surface area contributed by atoms with Crippen molar-refractivity contribution in [1.29, 1.82) is 0 Å². The van der Waals surface area contributed by atoms with E-state index < -0.39 is 19.9 Å². The van der Waals surface area contributed by atoms with Crippen LogP contribution in [0.15, 0.2) is 17.0 Å². The van der Waals surface area contributed by atoms with Crippen LogP contribution in [0.4, 0.5) is 5.69 Å². The van der Waals surface area contributed by atoms with E-state index in [0.29, 0.717) is 17.0 Å². The number of hydrogen-bond acceptors (Lipinski definition) is 5. The van der Waals surface area contributed by atoms with Gasteiger partial charge in [0, 0.05) is 6.54 Å². The lowest BCUT2D eigenvalue weighted by molar-refractivity contribution is 0.543. The van der Waals surface area contributed by atoms with Crippen LogP contribution in [-0.4, -0.2) is 34.9 Å². The van der Waals surface area contributed by atoms with Gasteiger partial charge in [-0.25, -0.2) is 21.6 Å². The standard InChI is InChI=1S/C12H17ClN2O4S2/c1-8-4-10(5-11(14)12(8)13)21(18,19)15-6-9-2-3-20(16,17)7-9/h4-5,9,15H,2-3,6-7,14H2,1H3. The normalized spacial score (nSPS) is 21.5. The molecule has 0 radical (unpaired) electrons. The molecule has 1 aliphatic heterocycles. The van der Waals surface area contributed by atoms with E-state index >= 15 is 0 Å². The van der Waals surface area contributed by atoms with E-state index in [-0.39, 0.29) is 34.6 Å². The van der Waals surface area contributed by atoms with Gasteiger partial charge in [0.1, 0.15) is 0 Å². The van der Waals surface area contributed by atoms with Crippen molar-refractivity contribution in [2.45, 2.75) is 18.2 Å². The van der Waals surface area contributed by atoms with Gasteiger partial charge in [-0.3, -0.25) is 0 Å². The molecule has 1 heterocycles. The van der Waals surface area contributed by atoms with Crippen LogP contribution in [0.25, 0.3) is 0 Å². The average molecular weight is 353 g/mol. The Morgan fingerprint density at radius 1 is 1.43 bits per heavy atom. The molecule has 0 spiro atoms. The summed E-state index contributed by atoms with van der Waals surface area (Å²) in [6, 6.07) is 2.73. The molecule has 1 aromatic carbocycles. The van der Waals surface area contributed by atoms with Crippen molar-refractivity contribution in [3.8, 4) is 0 Å². The SMILES string of the molecule is Cc1cc(S(=O)(=O)NCC2CCS(=O)(=O)C2)cc(N)c1Cl. The quantitative estimate of drug-likeness (QED) is 0.784. The van der Waals surface area contributed by atoms with Crippen molar-refractivity contribution >= 4 is 37.1 Å². The third-order valence-electron chi connectivity index (χ3n) is 3.46. The van der Waals surface area contributed by atoms with Crippen LogP contribution in [0.5, 0.6) is 0 Å². The molecule has 6 nitrogen and oxygen atoms in total. The first kappa shape index (κ1) is 16.5. The molecule has 0 amide bonds. The fraction of sp³-hybridized carbons (Fsp3) is 0.500. The number of aryl methyl sites for hydroxylation is 1.